The van der Waals surface area contributed by atoms with Gasteiger partial charge >= 0.3 is 0 Å². The van der Waals surface area contributed by atoms with E-state index in [2.05, 4.69) is 15.5 Å². The van der Waals surface area contributed by atoms with E-state index in [1.165, 1.54) is 22.7 Å². The first-order chi connectivity index (χ1) is 13.3. The molecule has 10 heteroatoms. The highest BCUT2D eigenvalue weighted by molar-refractivity contribution is 7.86. The van der Waals surface area contributed by atoms with Gasteiger partial charge in [0.1, 0.15) is 0 Å². The van der Waals surface area contributed by atoms with E-state index in [4.69, 9.17) is 4.52 Å². The molecule has 3 rings (SSSR count). The van der Waals surface area contributed by atoms with Gasteiger partial charge < -0.3 is 9.84 Å². The van der Waals surface area contributed by atoms with Crippen molar-refractivity contribution >= 4 is 16.1 Å². The average Bonchev–Trinajstić information content (AvgIpc) is 3.15. The summed E-state index contributed by atoms with van der Waals surface area (Å²) in [6.07, 6.45) is 0.967. The molecule has 1 amide bonds. The molecule has 0 saturated carbocycles. The molecule has 1 aromatic heterocycles. The first kappa shape index (κ1) is 20.4. The van der Waals surface area contributed by atoms with Crippen LogP contribution in [0.1, 0.15) is 24.3 Å². The Bertz CT molecular complexity index is 916. The van der Waals surface area contributed by atoms with Gasteiger partial charge in [-0.3, -0.25) is 4.79 Å². The van der Waals surface area contributed by atoms with Crippen LogP contribution >= 0.6 is 0 Å². The summed E-state index contributed by atoms with van der Waals surface area (Å²) in [6, 6.07) is 7.77. The number of carbonyl (C=O) groups is 1. The number of rotatable bonds is 6. The van der Waals surface area contributed by atoms with E-state index in [1.54, 1.807) is 0 Å². The summed E-state index contributed by atoms with van der Waals surface area (Å²) in [5.41, 5.74) is 1.99. The third-order valence-corrected chi connectivity index (χ3v) is 6.74. The number of amides is 1. The molecular weight excluding hydrogens is 382 g/mol. The quantitative estimate of drug-likeness (QED) is 0.770. The number of hydrogen-bond acceptors (Lipinski definition) is 6. The summed E-state index contributed by atoms with van der Waals surface area (Å²) in [6.45, 7) is 2.81. The van der Waals surface area contributed by atoms with Crippen molar-refractivity contribution in [2.45, 2.75) is 26.3 Å². The van der Waals surface area contributed by atoms with E-state index in [1.807, 2.05) is 31.2 Å². The Kier molecular flexibility index (Phi) is 6.11. The summed E-state index contributed by atoms with van der Waals surface area (Å²) in [4.78, 5) is 16.7. The van der Waals surface area contributed by atoms with Gasteiger partial charge in [0.25, 0.3) is 10.2 Å². The lowest BCUT2D eigenvalue weighted by Gasteiger charge is -2.32. The van der Waals surface area contributed by atoms with E-state index >= 15 is 0 Å². The van der Waals surface area contributed by atoms with Crippen molar-refractivity contribution in [2.24, 2.45) is 5.92 Å². The third kappa shape index (κ3) is 4.57. The van der Waals surface area contributed by atoms with Gasteiger partial charge in [-0.1, -0.05) is 35.0 Å². The zero-order valence-electron chi connectivity index (χ0n) is 16.3. The number of aromatic nitrogens is 2. The van der Waals surface area contributed by atoms with E-state index in [-0.39, 0.29) is 18.4 Å². The highest BCUT2D eigenvalue weighted by Crippen LogP contribution is 2.21. The molecule has 1 saturated heterocycles. The van der Waals surface area contributed by atoms with Crippen molar-refractivity contribution < 1.29 is 17.7 Å². The van der Waals surface area contributed by atoms with Crippen molar-refractivity contribution in [2.75, 3.05) is 27.2 Å². The molecule has 1 fully saturated rings. The number of benzene rings is 1. The van der Waals surface area contributed by atoms with Gasteiger partial charge in [0.05, 0.1) is 6.54 Å². The lowest BCUT2D eigenvalue weighted by molar-refractivity contribution is -0.126. The summed E-state index contributed by atoms with van der Waals surface area (Å²) in [5.74, 6) is 0.452. The molecule has 0 spiro atoms. The van der Waals surface area contributed by atoms with Crippen molar-refractivity contribution in [3.8, 4) is 11.4 Å². The lowest BCUT2D eigenvalue weighted by atomic mass is 9.97. The molecular formula is C18H25N5O4S. The van der Waals surface area contributed by atoms with E-state index in [9.17, 15) is 13.2 Å². The van der Waals surface area contributed by atoms with Gasteiger partial charge in [-0.05, 0) is 19.8 Å². The molecule has 0 aliphatic carbocycles. The Morgan fingerprint density at radius 2 is 1.89 bits per heavy atom. The zero-order chi connectivity index (χ0) is 20.3. The molecule has 2 aromatic rings. The van der Waals surface area contributed by atoms with Gasteiger partial charge in [-0.25, -0.2) is 0 Å². The fourth-order valence-corrected chi connectivity index (χ4v) is 4.17. The maximum absolute atomic E-state index is 12.4. The standard InChI is InChI=1S/C18H25N5O4S/c1-13-4-6-14(7-5-13)17-20-16(27-21-17)12-19-18(24)15-8-10-23(11-9-15)28(25,26)22(2)3/h4-7,15H,8-12H2,1-3H3,(H,19,24). The zero-order valence-corrected chi connectivity index (χ0v) is 17.1. The largest absolute Gasteiger partial charge is 0.347 e. The maximum atomic E-state index is 12.4. The van der Waals surface area contributed by atoms with Gasteiger partial charge in [0.2, 0.25) is 17.6 Å². The topological polar surface area (TPSA) is 109 Å². The molecule has 1 aromatic carbocycles. The molecule has 0 bridgehead atoms. The minimum absolute atomic E-state index is 0.128. The third-order valence-electron chi connectivity index (χ3n) is 4.80. The average molecular weight is 407 g/mol. The van der Waals surface area contributed by atoms with Crippen molar-refractivity contribution in [3.63, 3.8) is 0 Å². The number of nitrogens with zero attached hydrogens (tertiary/aromatic N) is 4. The molecule has 28 heavy (non-hydrogen) atoms. The number of nitrogens with one attached hydrogen (secondary N) is 1. The van der Waals surface area contributed by atoms with Crippen molar-refractivity contribution in [1.29, 1.82) is 0 Å². The van der Waals surface area contributed by atoms with Crippen LogP contribution in [0.25, 0.3) is 11.4 Å². The van der Waals surface area contributed by atoms with Crippen LogP contribution in [-0.4, -0.2) is 60.3 Å². The highest BCUT2D eigenvalue weighted by atomic mass is 32.2. The second kappa shape index (κ2) is 8.38. The van der Waals surface area contributed by atoms with Gasteiger partial charge in [0.15, 0.2) is 0 Å². The fraction of sp³-hybridized carbons (Fsp3) is 0.500. The Labute approximate surface area is 164 Å². The summed E-state index contributed by atoms with van der Waals surface area (Å²) < 4.78 is 32.1. The molecule has 1 N–H and O–H groups in total. The number of carbonyl (C=O) groups excluding carboxylic acids is 1. The predicted octanol–water partition coefficient (Wildman–Crippen LogP) is 1.18. The van der Waals surface area contributed by atoms with Crippen LogP contribution in [0.15, 0.2) is 28.8 Å². The van der Waals surface area contributed by atoms with Crippen LogP contribution in [0, 0.1) is 12.8 Å². The Morgan fingerprint density at radius 3 is 2.50 bits per heavy atom. The van der Waals surface area contributed by atoms with E-state index in [0.29, 0.717) is 37.6 Å². The van der Waals surface area contributed by atoms with Crippen molar-refractivity contribution in [1.82, 2.24) is 24.1 Å². The molecule has 0 atom stereocenters. The number of hydrogen-bond donors (Lipinski definition) is 1. The molecule has 152 valence electrons. The Hall–Kier alpha value is -2.30. The van der Waals surface area contributed by atoms with Gasteiger partial charge in [-0.2, -0.15) is 22.0 Å². The van der Waals surface area contributed by atoms with Gasteiger partial charge in [0, 0.05) is 38.7 Å². The minimum Gasteiger partial charge on any atom is -0.347 e. The molecule has 1 aliphatic rings. The second-order valence-corrected chi connectivity index (χ2v) is 9.20. The molecule has 1 aliphatic heterocycles. The Morgan fingerprint density at radius 1 is 1.25 bits per heavy atom. The smallest absolute Gasteiger partial charge is 0.281 e. The summed E-state index contributed by atoms with van der Waals surface area (Å²) >= 11 is 0. The van der Waals surface area contributed by atoms with Crippen LogP contribution in [0.2, 0.25) is 0 Å². The molecule has 0 unspecified atom stereocenters. The first-order valence-corrected chi connectivity index (χ1v) is 10.5. The van der Waals surface area contributed by atoms with Crippen LogP contribution in [0.5, 0.6) is 0 Å². The fourth-order valence-electron chi connectivity index (χ4n) is 3.03. The Balaban J connectivity index is 1.51. The van der Waals surface area contributed by atoms with Gasteiger partial charge in [-0.15, -0.1) is 0 Å². The number of aryl methyl sites for hydroxylation is 1. The minimum atomic E-state index is -3.43. The van der Waals surface area contributed by atoms with Crippen LogP contribution < -0.4 is 5.32 Å². The molecule has 9 nitrogen and oxygen atoms in total. The van der Waals surface area contributed by atoms with Crippen LogP contribution in [0.4, 0.5) is 0 Å². The predicted molar refractivity (Wildman–Crippen MR) is 103 cm³/mol. The van der Waals surface area contributed by atoms with E-state index in [0.717, 1.165) is 11.1 Å². The first-order valence-electron chi connectivity index (χ1n) is 9.12. The highest BCUT2D eigenvalue weighted by Gasteiger charge is 2.32. The molecule has 0 radical (unpaired) electrons. The summed E-state index contributed by atoms with van der Waals surface area (Å²) in [5, 5.41) is 6.75. The van der Waals surface area contributed by atoms with E-state index < -0.39 is 10.2 Å². The normalized spacial score (nSPS) is 16.4. The van der Waals surface area contributed by atoms with Crippen LogP contribution in [-0.2, 0) is 21.5 Å². The summed E-state index contributed by atoms with van der Waals surface area (Å²) in [7, 11) is -0.422. The second-order valence-electron chi connectivity index (χ2n) is 7.06. The maximum Gasteiger partial charge on any atom is 0.281 e. The molecule has 2 heterocycles. The SMILES string of the molecule is Cc1ccc(-c2noc(CNC(=O)C3CCN(S(=O)(=O)N(C)C)CC3)n2)cc1. The monoisotopic (exact) mass is 407 g/mol. The van der Waals surface area contributed by atoms with Crippen LogP contribution in [0.3, 0.4) is 0 Å². The number of piperidine rings is 1. The van der Waals surface area contributed by atoms with Crippen molar-refractivity contribution in [3.05, 3.63) is 35.7 Å². The lowest BCUT2D eigenvalue weighted by Crippen LogP contribution is -2.46.